The molecule has 2 aromatic rings. The van der Waals surface area contributed by atoms with Crippen LogP contribution in [0.3, 0.4) is 0 Å². The Morgan fingerprint density at radius 2 is 1.86 bits per heavy atom. The Kier molecular flexibility index (Phi) is 4.16. The topological polar surface area (TPSA) is 43.8 Å². The Bertz CT molecular complexity index is 629. The van der Waals surface area contributed by atoms with E-state index in [0.29, 0.717) is 29.1 Å². The molecule has 1 aromatic carbocycles. The van der Waals surface area contributed by atoms with Crippen LogP contribution < -0.4 is 5.73 Å². The minimum absolute atomic E-state index is 0.266. The van der Waals surface area contributed by atoms with E-state index >= 15 is 0 Å². The van der Waals surface area contributed by atoms with E-state index < -0.39 is 12.0 Å². The molecular weight excluding hydrogens is 279 g/mol. The molecule has 0 radical (unpaired) electrons. The normalized spacial score (nSPS) is 14.0. The standard InChI is InChI=1S/C15H20F3N3/c1-9(2)4-5-10(3)21-13-7-6-11(19)8-12(13)20-14(21)15(16,17)18/h6-10H,4-5,19H2,1-3H3. The zero-order valence-corrected chi connectivity index (χ0v) is 12.4. The van der Waals surface area contributed by atoms with Crippen molar-refractivity contribution in [2.75, 3.05) is 5.73 Å². The highest BCUT2D eigenvalue weighted by Gasteiger charge is 2.38. The van der Waals surface area contributed by atoms with Gasteiger partial charge in [-0.1, -0.05) is 13.8 Å². The van der Waals surface area contributed by atoms with Gasteiger partial charge in [-0.25, -0.2) is 4.98 Å². The molecule has 1 atom stereocenters. The summed E-state index contributed by atoms with van der Waals surface area (Å²) in [4.78, 5) is 3.75. The summed E-state index contributed by atoms with van der Waals surface area (Å²) < 4.78 is 41.0. The lowest BCUT2D eigenvalue weighted by Crippen LogP contribution is -2.18. The first-order chi connectivity index (χ1) is 9.70. The van der Waals surface area contributed by atoms with Crippen molar-refractivity contribution in [3.05, 3.63) is 24.0 Å². The van der Waals surface area contributed by atoms with Crippen LogP contribution in [0.1, 0.15) is 45.5 Å². The number of fused-ring (bicyclic) bond motifs is 1. The van der Waals surface area contributed by atoms with Gasteiger partial charge in [0, 0.05) is 11.7 Å². The number of rotatable bonds is 4. The molecule has 116 valence electrons. The van der Waals surface area contributed by atoms with E-state index in [1.165, 1.54) is 10.6 Å². The smallest absolute Gasteiger partial charge is 0.399 e. The van der Waals surface area contributed by atoms with Crippen LogP contribution >= 0.6 is 0 Å². The molecule has 1 aromatic heterocycles. The Morgan fingerprint density at radius 1 is 1.19 bits per heavy atom. The molecule has 2 rings (SSSR count). The van der Waals surface area contributed by atoms with E-state index in [1.807, 2.05) is 0 Å². The lowest BCUT2D eigenvalue weighted by molar-refractivity contribution is -0.147. The lowest BCUT2D eigenvalue weighted by Gasteiger charge is -2.19. The fraction of sp³-hybridized carbons (Fsp3) is 0.533. The minimum atomic E-state index is -4.47. The summed E-state index contributed by atoms with van der Waals surface area (Å²) in [7, 11) is 0. The van der Waals surface area contributed by atoms with Gasteiger partial charge < -0.3 is 10.3 Å². The second kappa shape index (κ2) is 5.58. The van der Waals surface area contributed by atoms with Crippen LogP contribution in [0.4, 0.5) is 18.9 Å². The number of benzene rings is 1. The Hall–Kier alpha value is -1.72. The Labute approximate surface area is 122 Å². The van der Waals surface area contributed by atoms with E-state index in [1.54, 1.807) is 19.1 Å². The Balaban J connectivity index is 2.52. The number of nitrogen functional groups attached to an aromatic ring is 1. The van der Waals surface area contributed by atoms with Gasteiger partial charge in [0.25, 0.3) is 0 Å². The third kappa shape index (κ3) is 3.31. The van der Waals surface area contributed by atoms with Gasteiger partial charge in [0.1, 0.15) is 0 Å². The van der Waals surface area contributed by atoms with Gasteiger partial charge in [0.2, 0.25) is 5.82 Å². The number of imidazole rings is 1. The van der Waals surface area contributed by atoms with Crippen molar-refractivity contribution in [3.63, 3.8) is 0 Å². The summed E-state index contributed by atoms with van der Waals surface area (Å²) in [5.74, 6) is -0.397. The number of nitrogens with zero attached hydrogens (tertiary/aromatic N) is 2. The summed E-state index contributed by atoms with van der Waals surface area (Å²) >= 11 is 0. The highest BCUT2D eigenvalue weighted by Crippen LogP contribution is 2.35. The summed E-state index contributed by atoms with van der Waals surface area (Å²) in [5, 5.41) is 0. The molecule has 0 aliphatic rings. The van der Waals surface area contributed by atoms with E-state index in [2.05, 4.69) is 18.8 Å². The first-order valence-electron chi connectivity index (χ1n) is 7.04. The van der Waals surface area contributed by atoms with Crippen LogP contribution in [-0.4, -0.2) is 9.55 Å². The minimum Gasteiger partial charge on any atom is -0.399 e. The quantitative estimate of drug-likeness (QED) is 0.836. The third-order valence-corrected chi connectivity index (χ3v) is 3.57. The van der Waals surface area contributed by atoms with E-state index in [-0.39, 0.29) is 6.04 Å². The summed E-state index contributed by atoms with van der Waals surface area (Å²) in [6.07, 6.45) is -2.93. The molecule has 0 saturated heterocycles. The third-order valence-electron chi connectivity index (χ3n) is 3.57. The molecule has 0 amide bonds. The van der Waals surface area contributed by atoms with Crippen LogP contribution in [-0.2, 0) is 6.18 Å². The molecule has 0 saturated carbocycles. The fourth-order valence-electron chi connectivity index (χ4n) is 2.47. The number of anilines is 1. The van der Waals surface area contributed by atoms with Crippen molar-refractivity contribution in [1.82, 2.24) is 9.55 Å². The van der Waals surface area contributed by atoms with Crippen molar-refractivity contribution in [3.8, 4) is 0 Å². The number of hydrogen-bond acceptors (Lipinski definition) is 2. The molecule has 2 N–H and O–H groups in total. The first-order valence-corrected chi connectivity index (χ1v) is 7.04. The summed E-state index contributed by atoms with van der Waals surface area (Å²) in [6.45, 7) is 5.92. The van der Waals surface area contributed by atoms with Crippen LogP contribution in [0.2, 0.25) is 0 Å². The number of aromatic nitrogens is 2. The van der Waals surface area contributed by atoms with Crippen molar-refractivity contribution in [2.24, 2.45) is 5.92 Å². The van der Waals surface area contributed by atoms with Gasteiger partial charge in [-0.05, 0) is 43.9 Å². The van der Waals surface area contributed by atoms with Crippen molar-refractivity contribution >= 4 is 16.7 Å². The van der Waals surface area contributed by atoms with E-state index in [9.17, 15) is 13.2 Å². The second-order valence-electron chi connectivity index (χ2n) is 5.87. The molecule has 0 aliphatic heterocycles. The van der Waals surface area contributed by atoms with Crippen molar-refractivity contribution in [2.45, 2.75) is 45.8 Å². The second-order valence-corrected chi connectivity index (χ2v) is 5.87. The monoisotopic (exact) mass is 299 g/mol. The van der Waals surface area contributed by atoms with Gasteiger partial charge in [-0.3, -0.25) is 0 Å². The van der Waals surface area contributed by atoms with Crippen molar-refractivity contribution in [1.29, 1.82) is 0 Å². The van der Waals surface area contributed by atoms with Gasteiger partial charge in [-0.2, -0.15) is 13.2 Å². The molecule has 6 heteroatoms. The van der Waals surface area contributed by atoms with Gasteiger partial charge in [0.05, 0.1) is 11.0 Å². The van der Waals surface area contributed by atoms with Crippen LogP contribution in [0.25, 0.3) is 11.0 Å². The zero-order valence-electron chi connectivity index (χ0n) is 12.4. The lowest BCUT2D eigenvalue weighted by atomic mass is 10.0. The first kappa shape index (κ1) is 15.7. The molecule has 0 bridgehead atoms. The number of nitrogens with two attached hydrogens (primary N) is 1. The molecule has 0 aliphatic carbocycles. The van der Waals surface area contributed by atoms with Crippen LogP contribution in [0.5, 0.6) is 0 Å². The Morgan fingerprint density at radius 3 is 2.43 bits per heavy atom. The maximum Gasteiger partial charge on any atom is 0.449 e. The highest BCUT2D eigenvalue weighted by atomic mass is 19.4. The maximum absolute atomic E-state index is 13.2. The average Bonchev–Trinajstić information content (AvgIpc) is 2.74. The van der Waals surface area contributed by atoms with Gasteiger partial charge >= 0.3 is 6.18 Å². The van der Waals surface area contributed by atoms with Gasteiger partial charge in [0.15, 0.2) is 0 Å². The number of alkyl halides is 3. The molecule has 3 nitrogen and oxygen atoms in total. The maximum atomic E-state index is 13.2. The molecule has 1 unspecified atom stereocenters. The van der Waals surface area contributed by atoms with Crippen molar-refractivity contribution < 1.29 is 13.2 Å². The van der Waals surface area contributed by atoms with E-state index in [4.69, 9.17) is 5.73 Å². The largest absolute Gasteiger partial charge is 0.449 e. The average molecular weight is 299 g/mol. The molecule has 1 heterocycles. The highest BCUT2D eigenvalue weighted by molar-refractivity contribution is 5.80. The summed E-state index contributed by atoms with van der Waals surface area (Å²) in [6, 6.07) is 4.43. The summed E-state index contributed by atoms with van der Waals surface area (Å²) in [5.41, 5.74) is 6.82. The molecule has 0 spiro atoms. The molecular formula is C15H20F3N3. The predicted octanol–water partition coefficient (Wildman–Crippen LogP) is 4.63. The fourth-order valence-corrected chi connectivity index (χ4v) is 2.47. The molecule has 21 heavy (non-hydrogen) atoms. The SMILES string of the molecule is CC(C)CCC(C)n1c(C(F)(F)F)nc2cc(N)ccc21. The van der Waals surface area contributed by atoms with Crippen LogP contribution in [0.15, 0.2) is 18.2 Å². The van der Waals surface area contributed by atoms with E-state index in [0.717, 1.165) is 6.42 Å². The zero-order chi connectivity index (χ0) is 15.8. The predicted molar refractivity (Wildman–Crippen MR) is 77.9 cm³/mol. The van der Waals surface area contributed by atoms with Crippen LogP contribution in [0, 0.1) is 5.92 Å². The number of halogens is 3. The molecule has 0 fully saturated rings. The van der Waals surface area contributed by atoms with Gasteiger partial charge in [-0.15, -0.1) is 0 Å². The number of hydrogen-bond donors (Lipinski definition) is 1.